The number of rotatable bonds is 5. The molecule has 5 nitrogen and oxygen atoms in total. The Labute approximate surface area is 119 Å². The fourth-order valence-corrected chi connectivity index (χ4v) is 2.11. The molecule has 2 aromatic heterocycles. The van der Waals surface area contributed by atoms with Crippen molar-refractivity contribution in [3.8, 4) is 0 Å². The van der Waals surface area contributed by atoms with Crippen molar-refractivity contribution in [2.45, 2.75) is 32.5 Å². The number of fused-ring (bicyclic) bond motifs is 1. The molecule has 0 aliphatic heterocycles. The Hall–Kier alpha value is -1.83. The van der Waals surface area contributed by atoms with Crippen molar-refractivity contribution in [2.75, 3.05) is 11.9 Å². The summed E-state index contributed by atoms with van der Waals surface area (Å²) in [5.41, 5.74) is -0.741. The van der Waals surface area contributed by atoms with E-state index in [-0.39, 0.29) is 24.0 Å². The van der Waals surface area contributed by atoms with E-state index in [0.717, 1.165) is 10.6 Å². The molecule has 0 aromatic carbocycles. The summed E-state index contributed by atoms with van der Waals surface area (Å²) in [6.07, 6.45) is -1.10. The van der Waals surface area contributed by atoms with Crippen LogP contribution in [0.15, 0.2) is 18.5 Å². The summed E-state index contributed by atoms with van der Waals surface area (Å²) in [4.78, 5) is 4.05. The molecule has 0 saturated carbocycles. The maximum Gasteiger partial charge on any atom is 0.435 e. The number of aliphatic hydroxyl groups is 1. The monoisotopic (exact) mass is 302 g/mol. The highest BCUT2D eigenvalue weighted by molar-refractivity contribution is 5.68. The first kappa shape index (κ1) is 15.6. The zero-order chi connectivity index (χ0) is 15.6. The summed E-state index contributed by atoms with van der Waals surface area (Å²) in [5, 5.41) is 15.8. The molecule has 2 N–H and O–H groups in total. The van der Waals surface area contributed by atoms with Crippen molar-refractivity contribution >= 4 is 11.3 Å². The molecule has 0 bridgehead atoms. The van der Waals surface area contributed by atoms with E-state index < -0.39 is 11.9 Å². The number of nitrogens with one attached hydrogen (secondary N) is 1. The van der Waals surface area contributed by atoms with Gasteiger partial charge in [0.2, 0.25) is 0 Å². The van der Waals surface area contributed by atoms with E-state index in [2.05, 4.69) is 15.4 Å². The van der Waals surface area contributed by atoms with Crippen LogP contribution in [0.1, 0.15) is 26.0 Å². The number of nitrogens with zero attached hydrogens (tertiary/aromatic N) is 3. The lowest BCUT2D eigenvalue weighted by molar-refractivity contribution is -0.141. The minimum Gasteiger partial charge on any atom is -0.394 e. The SMILES string of the molecule is CC(C)CC(CO)Nc1nccn2nc(C(F)(F)F)cc12. The molecule has 0 spiro atoms. The second kappa shape index (κ2) is 5.88. The lowest BCUT2D eigenvalue weighted by atomic mass is 10.0. The van der Waals surface area contributed by atoms with Gasteiger partial charge in [0.1, 0.15) is 5.52 Å². The summed E-state index contributed by atoms with van der Waals surface area (Å²) in [5.74, 6) is 0.616. The molecule has 0 fully saturated rings. The number of anilines is 1. The van der Waals surface area contributed by atoms with Gasteiger partial charge < -0.3 is 10.4 Å². The molecule has 21 heavy (non-hydrogen) atoms. The number of alkyl halides is 3. The molecule has 2 rings (SSSR count). The molecule has 8 heteroatoms. The Balaban J connectivity index is 2.33. The first-order valence-electron chi connectivity index (χ1n) is 6.60. The fraction of sp³-hybridized carbons (Fsp3) is 0.538. The Morgan fingerprint density at radius 2 is 2.10 bits per heavy atom. The standard InChI is InChI=1S/C13H17F3N4O/c1-8(2)5-9(7-21)18-12-10-6-11(13(14,15)16)19-20(10)4-3-17-12/h3-4,6,8-9,21H,5,7H2,1-2H3,(H,17,18). The molecule has 0 aliphatic carbocycles. The lowest BCUT2D eigenvalue weighted by Gasteiger charge is -2.19. The van der Waals surface area contributed by atoms with Crippen LogP contribution in [0.2, 0.25) is 0 Å². The van der Waals surface area contributed by atoms with Gasteiger partial charge in [0, 0.05) is 18.5 Å². The zero-order valence-electron chi connectivity index (χ0n) is 11.7. The van der Waals surface area contributed by atoms with Gasteiger partial charge in [-0.2, -0.15) is 18.3 Å². The van der Waals surface area contributed by atoms with E-state index in [1.807, 2.05) is 13.8 Å². The summed E-state index contributed by atoms with van der Waals surface area (Å²) in [7, 11) is 0. The topological polar surface area (TPSA) is 62.5 Å². The van der Waals surface area contributed by atoms with Crippen molar-refractivity contribution in [3.63, 3.8) is 0 Å². The van der Waals surface area contributed by atoms with Gasteiger partial charge in [0.25, 0.3) is 0 Å². The van der Waals surface area contributed by atoms with E-state index in [0.29, 0.717) is 12.3 Å². The Kier molecular flexibility index (Phi) is 4.36. The van der Waals surface area contributed by atoms with Crippen LogP contribution >= 0.6 is 0 Å². The lowest BCUT2D eigenvalue weighted by Crippen LogP contribution is -2.26. The van der Waals surface area contributed by atoms with Gasteiger partial charge in [-0.25, -0.2) is 9.50 Å². The minimum absolute atomic E-state index is 0.124. The normalized spacial score (nSPS) is 13.9. The van der Waals surface area contributed by atoms with Crippen LogP contribution in [0.4, 0.5) is 19.0 Å². The third-order valence-electron chi connectivity index (χ3n) is 3.00. The van der Waals surface area contributed by atoms with E-state index in [4.69, 9.17) is 0 Å². The van der Waals surface area contributed by atoms with E-state index in [1.165, 1.54) is 12.4 Å². The van der Waals surface area contributed by atoms with Gasteiger partial charge in [-0.3, -0.25) is 0 Å². The quantitative estimate of drug-likeness (QED) is 0.891. The number of hydrogen-bond acceptors (Lipinski definition) is 4. The zero-order valence-corrected chi connectivity index (χ0v) is 11.7. The van der Waals surface area contributed by atoms with Gasteiger partial charge in [-0.15, -0.1) is 0 Å². The molecule has 0 saturated heterocycles. The molecule has 2 aromatic rings. The van der Waals surface area contributed by atoms with Crippen LogP contribution in [-0.4, -0.2) is 32.4 Å². The molecule has 1 unspecified atom stereocenters. The fourth-order valence-electron chi connectivity index (χ4n) is 2.11. The van der Waals surface area contributed by atoms with Crippen molar-refractivity contribution in [3.05, 3.63) is 24.2 Å². The van der Waals surface area contributed by atoms with Crippen molar-refractivity contribution in [1.82, 2.24) is 14.6 Å². The first-order chi connectivity index (χ1) is 9.81. The van der Waals surface area contributed by atoms with Crippen LogP contribution < -0.4 is 5.32 Å². The first-order valence-corrected chi connectivity index (χ1v) is 6.60. The maximum atomic E-state index is 12.7. The van der Waals surface area contributed by atoms with Crippen LogP contribution in [0.3, 0.4) is 0 Å². The molecule has 0 radical (unpaired) electrons. The van der Waals surface area contributed by atoms with E-state index >= 15 is 0 Å². The minimum atomic E-state index is -4.50. The average Bonchev–Trinajstić information content (AvgIpc) is 2.82. The number of hydrogen-bond donors (Lipinski definition) is 2. The van der Waals surface area contributed by atoms with Crippen molar-refractivity contribution in [1.29, 1.82) is 0 Å². The van der Waals surface area contributed by atoms with Crippen molar-refractivity contribution < 1.29 is 18.3 Å². The molecule has 2 heterocycles. The third-order valence-corrected chi connectivity index (χ3v) is 3.00. The highest BCUT2D eigenvalue weighted by Gasteiger charge is 2.34. The molecule has 1 atom stereocenters. The van der Waals surface area contributed by atoms with Crippen LogP contribution in [0, 0.1) is 5.92 Å². The molecular formula is C13H17F3N4O. The molecule has 0 aliphatic rings. The predicted octanol–water partition coefficient (Wildman–Crippen LogP) is 2.57. The average molecular weight is 302 g/mol. The van der Waals surface area contributed by atoms with Crippen LogP contribution in [0.25, 0.3) is 5.52 Å². The number of aromatic nitrogens is 3. The number of aliphatic hydroxyl groups excluding tert-OH is 1. The van der Waals surface area contributed by atoms with Crippen molar-refractivity contribution in [2.24, 2.45) is 5.92 Å². The second-order valence-corrected chi connectivity index (χ2v) is 5.29. The van der Waals surface area contributed by atoms with E-state index in [9.17, 15) is 18.3 Å². The highest BCUT2D eigenvalue weighted by Crippen LogP contribution is 2.30. The Bertz CT molecular complexity index is 609. The largest absolute Gasteiger partial charge is 0.435 e. The maximum absolute atomic E-state index is 12.7. The summed E-state index contributed by atoms with van der Waals surface area (Å²) < 4.78 is 39.2. The highest BCUT2D eigenvalue weighted by atomic mass is 19.4. The second-order valence-electron chi connectivity index (χ2n) is 5.29. The summed E-state index contributed by atoms with van der Waals surface area (Å²) >= 11 is 0. The van der Waals surface area contributed by atoms with Crippen LogP contribution in [-0.2, 0) is 6.18 Å². The Morgan fingerprint density at radius 3 is 2.67 bits per heavy atom. The Morgan fingerprint density at radius 1 is 1.38 bits per heavy atom. The number of halogens is 3. The smallest absolute Gasteiger partial charge is 0.394 e. The van der Waals surface area contributed by atoms with Gasteiger partial charge in [0.15, 0.2) is 11.5 Å². The molecular weight excluding hydrogens is 285 g/mol. The summed E-state index contributed by atoms with van der Waals surface area (Å²) in [6, 6.07) is 0.673. The molecule has 116 valence electrons. The third kappa shape index (κ3) is 3.63. The van der Waals surface area contributed by atoms with Gasteiger partial charge in [0.05, 0.1) is 12.6 Å². The summed E-state index contributed by atoms with van der Waals surface area (Å²) in [6.45, 7) is 3.87. The predicted molar refractivity (Wildman–Crippen MR) is 71.9 cm³/mol. The van der Waals surface area contributed by atoms with Gasteiger partial charge in [-0.1, -0.05) is 13.8 Å². The van der Waals surface area contributed by atoms with E-state index in [1.54, 1.807) is 0 Å². The van der Waals surface area contributed by atoms with Gasteiger partial charge in [-0.05, 0) is 12.3 Å². The van der Waals surface area contributed by atoms with Crippen LogP contribution in [0.5, 0.6) is 0 Å². The molecule has 0 amide bonds. The van der Waals surface area contributed by atoms with Gasteiger partial charge >= 0.3 is 6.18 Å².